The molecule has 1 fully saturated rings. The summed E-state index contributed by atoms with van der Waals surface area (Å²) in [6.07, 6.45) is 1.32. The topological polar surface area (TPSA) is 46.6 Å². The highest BCUT2D eigenvalue weighted by atomic mass is 32.1. The monoisotopic (exact) mass is 329 g/mol. The van der Waals surface area contributed by atoms with Gasteiger partial charge in [-0.2, -0.15) is 0 Å². The summed E-state index contributed by atoms with van der Waals surface area (Å²) in [5.74, 6) is 0.967. The van der Waals surface area contributed by atoms with Crippen LogP contribution in [0.1, 0.15) is 40.2 Å². The minimum atomic E-state index is 0.0481. The highest BCUT2D eigenvalue weighted by molar-refractivity contribution is 7.12. The van der Waals surface area contributed by atoms with Crippen LogP contribution in [0.3, 0.4) is 0 Å². The van der Waals surface area contributed by atoms with Crippen molar-refractivity contribution in [2.24, 2.45) is 0 Å². The van der Waals surface area contributed by atoms with Gasteiger partial charge in [0.25, 0.3) is 0 Å². The van der Waals surface area contributed by atoms with Gasteiger partial charge < -0.3 is 9.64 Å². The summed E-state index contributed by atoms with van der Waals surface area (Å²) in [4.78, 5) is 26.5. The summed E-state index contributed by atoms with van der Waals surface area (Å²) in [7, 11) is 1.64. The minimum absolute atomic E-state index is 0.0481. The van der Waals surface area contributed by atoms with Gasteiger partial charge in [-0.1, -0.05) is 12.1 Å². The molecule has 3 rings (SSSR count). The van der Waals surface area contributed by atoms with Crippen molar-refractivity contribution >= 4 is 23.0 Å². The number of hydrogen-bond donors (Lipinski definition) is 0. The fraction of sp³-hybridized carbons (Fsp3) is 0.333. The van der Waals surface area contributed by atoms with E-state index in [9.17, 15) is 9.59 Å². The molecule has 23 heavy (non-hydrogen) atoms. The molecule has 2 heterocycles. The van der Waals surface area contributed by atoms with E-state index in [4.69, 9.17) is 4.74 Å². The molecule has 4 nitrogen and oxygen atoms in total. The van der Waals surface area contributed by atoms with Gasteiger partial charge in [-0.15, -0.1) is 11.3 Å². The maximum absolute atomic E-state index is 12.5. The first-order chi connectivity index (χ1) is 11.1. The van der Waals surface area contributed by atoms with Gasteiger partial charge in [-0.25, -0.2) is 0 Å². The van der Waals surface area contributed by atoms with Crippen LogP contribution >= 0.6 is 11.3 Å². The van der Waals surface area contributed by atoms with E-state index >= 15 is 0 Å². The second kappa shape index (κ2) is 6.54. The van der Waals surface area contributed by atoms with E-state index in [1.807, 2.05) is 40.6 Å². The third-order valence-corrected chi connectivity index (χ3v) is 5.25. The lowest BCUT2D eigenvalue weighted by Gasteiger charge is -2.41. The summed E-state index contributed by atoms with van der Waals surface area (Å²) in [6.45, 7) is 2.33. The molecule has 1 saturated heterocycles. The highest BCUT2D eigenvalue weighted by Gasteiger charge is 2.33. The number of benzene rings is 1. The maximum atomic E-state index is 12.5. The van der Waals surface area contributed by atoms with E-state index < -0.39 is 0 Å². The zero-order chi connectivity index (χ0) is 16.4. The normalized spacial score (nSPS) is 16.8. The number of carbonyl (C=O) groups excluding carboxylic acids is 2. The molecule has 0 spiro atoms. The van der Waals surface area contributed by atoms with E-state index in [1.165, 1.54) is 11.3 Å². The van der Waals surface area contributed by atoms with E-state index in [1.54, 1.807) is 14.0 Å². The smallest absolute Gasteiger partial charge is 0.227 e. The second-order valence-electron chi connectivity index (χ2n) is 5.72. The molecular formula is C18H19NO3S. The lowest BCUT2D eigenvalue weighted by molar-refractivity contribution is -0.138. The Hall–Kier alpha value is -2.14. The van der Waals surface area contributed by atoms with Crippen molar-refractivity contribution < 1.29 is 14.3 Å². The van der Waals surface area contributed by atoms with Crippen molar-refractivity contribution in [3.63, 3.8) is 0 Å². The predicted octanol–water partition coefficient (Wildman–Crippen LogP) is 3.48. The van der Waals surface area contributed by atoms with Crippen molar-refractivity contribution in [2.75, 3.05) is 13.7 Å². The number of thiophene rings is 1. The fourth-order valence-electron chi connectivity index (χ4n) is 2.81. The molecular weight excluding hydrogens is 310 g/mol. The Kier molecular flexibility index (Phi) is 4.48. The third-order valence-electron chi connectivity index (χ3n) is 4.17. The summed E-state index contributed by atoms with van der Waals surface area (Å²) < 4.78 is 5.26. The van der Waals surface area contributed by atoms with Crippen molar-refractivity contribution in [1.82, 2.24) is 4.90 Å². The number of carbonyl (C=O) groups is 2. The van der Waals surface area contributed by atoms with E-state index in [0.29, 0.717) is 11.3 Å². The van der Waals surface area contributed by atoms with Crippen LogP contribution in [0.2, 0.25) is 0 Å². The van der Waals surface area contributed by atoms with Crippen LogP contribution < -0.4 is 4.74 Å². The first-order valence-electron chi connectivity index (χ1n) is 7.60. The summed E-state index contributed by atoms with van der Waals surface area (Å²) in [5.41, 5.74) is 2.03. The average molecular weight is 329 g/mol. The number of hydrogen-bond acceptors (Lipinski definition) is 4. The molecule has 0 saturated carbocycles. The molecule has 0 bridgehead atoms. The number of methoxy groups -OCH3 is 1. The molecule has 120 valence electrons. The van der Waals surface area contributed by atoms with Crippen LogP contribution in [0, 0.1) is 0 Å². The van der Waals surface area contributed by atoms with Gasteiger partial charge in [0.2, 0.25) is 5.91 Å². The molecule has 0 N–H and O–H groups in total. The second-order valence-corrected chi connectivity index (χ2v) is 6.63. The SMILES string of the molecule is COc1cccc([C@@H]2CCN2C(=O)Cc2csc(C(C)=O)c2)c1. The molecule has 2 aromatic rings. The zero-order valence-electron chi connectivity index (χ0n) is 13.2. The van der Waals surface area contributed by atoms with Gasteiger partial charge in [0, 0.05) is 6.54 Å². The van der Waals surface area contributed by atoms with Gasteiger partial charge in [0.15, 0.2) is 5.78 Å². The highest BCUT2D eigenvalue weighted by Crippen LogP contribution is 2.35. The first kappa shape index (κ1) is 15.7. The molecule has 1 aromatic carbocycles. The zero-order valence-corrected chi connectivity index (χ0v) is 14.1. The van der Waals surface area contributed by atoms with Crippen molar-refractivity contribution in [3.8, 4) is 5.75 Å². The molecule has 0 aliphatic carbocycles. The van der Waals surface area contributed by atoms with E-state index in [-0.39, 0.29) is 17.7 Å². The number of likely N-dealkylation sites (tertiary alicyclic amines) is 1. The fourth-order valence-corrected chi connectivity index (χ4v) is 3.63. The number of ketones is 1. The molecule has 1 aliphatic heterocycles. The van der Waals surface area contributed by atoms with Crippen LogP contribution in [0.25, 0.3) is 0 Å². The van der Waals surface area contributed by atoms with E-state index in [0.717, 1.165) is 29.8 Å². The van der Waals surface area contributed by atoms with Crippen LogP contribution in [0.5, 0.6) is 5.75 Å². The average Bonchev–Trinajstić information content (AvgIpc) is 2.95. The lowest BCUT2D eigenvalue weighted by atomic mass is 9.93. The van der Waals surface area contributed by atoms with Gasteiger partial charge >= 0.3 is 0 Å². The molecule has 1 aliphatic rings. The number of ether oxygens (including phenoxy) is 1. The third kappa shape index (κ3) is 3.29. The van der Waals surface area contributed by atoms with Crippen LogP contribution in [0.4, 0.5) is 0 Å². The maximum Gasteiger partial charge on any atom is 0.227 e. The van der Waals surface area contributed by atoms with E-state index in [2.05, 4.69) is 0 Å². The Bertz CT molecular complexity index is 737. The Labute approximate surface area is 139 Å². The van der Waals surface area contributed by atoms with Crippen molar-refractivity contribution in [3.05, 3.63) is 51.7 Å². The molecule has 5 heteroatoms. The Morgan fingerprint density at radius 1 is 1.35 bits per heavy atom. The molecule has 0 radical (unpaired) electrons. The molecule has 1 atom stereocenters. The Balaban J connectivity index is 1.68. The van der Waals surface area contributed by atoms with Crippen molar-refractivity contribution in [1.29, 1.82) is 0 Å². The summed E-state index contributed by atoms with van der Waals surface area (Å²) in [5, 5.41) is 1.90. The number of amides is 1. The van der Waals surface area contributed by atoms with Gasteiger partial charge in [-0.3, -0.25) is 9.59 Å². The van der Waals surface area contributed by atoms with Crippen LogP contribution in [-0.2, 0) is 11.2 Å². The Morgan fingerprint density at radius 3 is 2.78 bits per heavy atom. The quantitative estimate of drug-likeness (QED) is 0.789. The largest absolute Gasteiger partial charge is 0.497 e. The van der Waals surface area contributed by atoms with Crippen molar-refractivity contribution in [2.45, 2.75) is 25.8 Å². The molecule has 0 unspecified atom stereocenters. The molecule has 1 aromatic heterocycles. The van der Waals surface area contributed by atoms with Gasteiger partial charge in [0.1, 0.15) is 5.75 Å². The van der Waals surface area contributed by atoms with Gasteiger partial charge in [-0.05, 0) is 48.1 Å². The molecule has 1 amide bonds. The Morgan fingerprint density at radius 2 is 2.17 bits per heavy atom. The summed E-state index contributed by atoms with van der Waals surface area (Å²) in [6, 6.07) is 9.83. The number of rotatable bonds is 5. The van der Waals surface area contributed by atoms with Gasteiger partial charge in [0.05, 0.1) is 24.4 Å². The summed E-state index contributed by atoms with van der Waals surface area (Å²) >= 11 is 1.40. The minimum Gasteiger partial charge on any atom is -0.497 e. The lowest BCUT2D eigenvalue weighted by Crippen LogP contribution is -2.45. The van der Waals surface area contributed by atoms with Crippen LogP contribution in [-0.4, -0.2) is 30.2 Å². The number of nitrogens with zero attached hydrogens (tertiary/aromatic N) is 1. The standard InChI is InChI=1S/C18H19NO3S/c1-12(20)17-8-13(11-23-17)9-18(21)19-7-6-16(19)14-4-3-5-15(10-14)22-2/h3-5,8,10-11,16H,6-7,9H2,1-2H3/t16-/m0/s1. The first-order valence-corrected chi connectivity index (χ1v) is 8.48. The number of Topliss-reactive ketones (excluding diaryl/α,β-unsaturated/α-hetero) is 1. The van der Waals surface area contributed by atoms with Crippen LogP contribution in [0.15, 0.2) is 35.7 Å². The predicted molar refractivity (Wildman–Crippen MR) is 90.1 cm³/mol.